The number of rotatable bonds is 2. The molecular formula is C14H14N4. The highest BCUT2D eigenvalue weighted by molar-refractivity contribution is 5.79. The smallest absolute Gasteiger partial charge is 0.205 e. The molecule has 0 aliphatic carbocycles. The van der Waals surface area contributed by atoms with Gasteiger partial charge in [0, 0.05) is 11.9 Å². The van der Waals surface area contributed by atoms with E-state index >= 15 is 0 Å². The molecule has 3 rings (SSSR count). The fourth-order valence-electron chi connectivity index (χ4n) is 2.14. The van der Waals surface area contributed by atoms with E-state index in [2.05, 4.69) is 29.0 Å². The number of benzene rings is 1. The molecular weight excluding hydrogens is 224 g/mol. The first kappa shape index (κ1) is 10.8. The summed E-state index contributed by atoms with van der Waals surface area (Å²) in [6, 6.07) is 10.3. The lowest BCUT2D eigenvalue weighted by Gasteiger charge is -2.07. The Morgan fingerprint density at radius 2 is 2.17 bits per heavy atom. The molecule has 2 aromatic heterocycles. The Labute approximate surface area is 105 Å². The lowest BCUT2D eigenvalue weighted by atomic mass is 10.1. The predicted octanol–water partition coefficient (Wildman–Crippen LogP) is 2.57. The number of hydrogen-bond acceptors (Lipinski definition) is 3. The van der Waals surface area contributed by atoms with Crippen LogP contribution < -0.4 is 5.73 Å². The maximum absolute atomic E-state index is 6.00. The van der Waals surface area contributed by atoms with Gasteiger partial charge in [0.15, 0.2) is 0 Å². The zero-order valence-corrected chi connectivity index (χ0v) is 10.2. The molecule has 4 heteroatoms. The Hall–Kier alpha value is -2.36. The molecule has 0 aliphatic rings. The van der Waals surface area contributed by atoms with Gasteiger partial charge in [-0.1, -0.05) is 19.1 Å². The van der Waals surface area contributed by atoms with Crippen LogP contribution in [-0.2, 0) is 6.42 Å². The molecule has 3 aromatic rings. The Balaban J connectivity index is 2.27. The largest absolute Gasteiger partial charge is 0.369 e. The Morgan fingerprint density at radius 1 is 1.28 bits per heavy atom. The Kier molecular flexibility index (Phi) is 2.48. The molecule has 0 saturated carbocycles. The first-order chi connectivity index (χ1) is 8.79. The summed E-state index contributed by atoms with van der Waals surface area (Å²) in [4.78, 5) is 8.39. The van der Waals surface area contributed by atoms with Crippen LogP contribution in [0.3, 0.4) is 0 Å². The third-order valence-corrected chi connectivity index (χ3v) is 3.06. The minimum absolute atomic E-state index is 0.492. The van der Waals surface area contributed by atoms with E-state index in [1.54, 1.807) is 12.4 Å². The highest BCUT2D eigenvalue weighted by Gasteiger charge is 2.09. The molecule has 0 radical (unpaired) electrons. The van der Waals surface area contributed by atoms with E-state index in [-0.39, 0.29) is 0 Å². The first-order valence-corrected chi connectivity index (χ1v) is 5.97. The number of fused-ring (bicyclic) bond motifs is 1. The van der Waals surface area contributed by atoms with Crippen LogP contribution in [0.25, 0.3) is 16.7 Å². The molecule has 2 heterocycles. The molecule has 0 spiro atoms. The van der Waals surface area contributed by atoms with E-state index in [0.717, 1.165) is 23.1 Å². The number of aromatic nitrogens is 3. The highest BCUT2D eigenvalue weighted by Crippen LogP contribution is 2.22. The van der Waals surface area contributed by atoms with Gasteiger partial charge in [-0.05, 0) is 30.2 Å². The second kappa shape index (κ2) is 4.14. The van der Waals surface area contributed by atoms with Gasteiger partial charge in [0.25, 0.3) is 0 Å². The molecule has 0 fully saturated rings. The minimum atomic E-state index is 0.492. The molecule has 1 aromatic carbocycles. The first-order valence-electron chi connectivity index (χ1n) is 5.97. The summed E-state index contributed by atoms with van der Waals surface area (Å²) < 4.78 is 1.95. The van der Waals surface area contributed by atoms with Crippen molar-refractivity contribution in [3.8, 4) is 5.69 Å². The van der Waals surface area contributed by atoms with Gasteiger partial charge >= 0.3 is 0 Å². The van der Waals surface area contributed by atoms with Crippen LogP contribution in [0.1, 0.15) is 12.5 Å². The fourth-order valence-corrected chi connectivity index (χ4v) is 2.14. The van der Waals surface area contributed by atoms with Crippen molar-refractivity contribution < 1.29 is 0 Å². The van der Waals surface area contributed by atoms with Crippen LogP contribution in [0.4, 0.5) is 5.95 Å². The molecule has 18 heavy (non-hydrogen) atoms. The molecule has 0 unspecified atom stereocenters. The molecule has 0 saturated heterocycles. The molecule has 0 amide bonds. The zero-order chi connectivity index (χ0) is 12.5. The average Bonchev–Trinajstić information content (AvgIpc) is 2.74. The van der Waals surface area contributed by atoms with Gasteiger partial charge in [0.2, 0.25) is 5.95 Å². The van der Waals surface area contributed by atoms with Crippen molar-refractivity contribution in [2.75, 3.05) is 5.73 Å². The van der Waals surface area contributed by atoms with Gasteiger partial charge in [0.1, 0.15) is 5.52 Å². The number of aryl methyl sites for hydroxylation is 1. The summed E-state index contributed by atoms with van der Waals surface area (Å²) >= 11 is 0. The van der Waals surface area contributed by atoms with E-state index in [9.17, 15) is 0 Å². The van der Waals surface area contributed by atoms with Crippen LogP contribution in [0, 0.1) is 0 Å². The molecule has 0 atom stereocenters. The number of nitrogen functional groups attached to an aromatic ring is 1. The van der Waals surface area contributed by atoms with Crippen LogP contribution >= 0.6 is 0 Å². The van der Waals surface area contributed by atoms with Gasteiger partial charge in [-0.2, -0.15) is 0 Å². The van der Waals surface area contributed by atoms with E-state index in [4.69, 9.17) is 5.73 Å². The summed E-state index contributed by atoms with van der Waals surface area (Å²) in [6.07, 6.45) is 4.48. The van der Waals surface area contributed by atoms with Crippen molar-refractivity contribution >= 4 is 17.0 Å². The van der Waals surface area contributed by atoms with Crippen molar-refractivity contribution in [1.29, 1.82) is 0 Å². The van der Waals surface area contributed by atoms with E-state index < -0.39 is 0 Å². The number of nitrogens with zero attached hydrogens (tertiary/aromatic N) is 3. The van der Waals surface area contributed by atoms with Crippen LogP contribution in [-0.4, -0.2) is 14.5 Å². The molecule has 4 nitrogen and oxygen atoms in total. The van der Waals surface area contributed by atoms with Crippen molar-refractivity contribution in [2.24, 2.45) is 0 Å². The third kappa shape index (κ3) is 1.62. The van der Waals surface area contributed by atoms with Gasteiger partial charge < -0.3 is 5.73 Å². The third-order valence-electron chi connectivity index (χ3n) is 3.06. The van der Waals surface area contributed by atoms with Gasteiger partial charge in [-0.25, -0.2) is 4.98 Å². The normalized spacial score (nSPS) is 10.9. The molecule has 0 aliphatic heterocycles. The maximum Gasteiger partial charge on any atom is 0.205 e. The highest BCUT2D eigenvalue weighted by atomic mass is 15.2. The number of nitrogens with two attached hydrogens (primary N) is 1. The fraction of sp³-hybridized carbons (Fsp3) is 0.143. The van der Waals surface area contributed by atoms with Crippen molar-refractivity contribution in [2.45, 2.75) is 13.3 Å². The molecule has 90 valence electrons. The van der Waals surface area contributed by atoms with Crippen LogP contribution in [0.5, 0.6) is 0 Å². The number of anilines is 1. The summed E-state index contributed by atoms with van der Waals surface area (Å²) in [5.74, 6) is 0.492. The molecule has 2 N–H and O–H groups in total. The van der Waals surface area contributed by atoms with Crippen LogP contribution in [0.15, 0.2) is 42.7 Å². The predicted molar refractivity (Wildman–Crippen MR) is 72.7 cm³/mol. The summed E-state index contributed by atoms with van der Waals surface area (Å²) in [6.45, 7) is 2.14. The summed E-state index contributed by atoms with van der Waals surface area (Å²) in [5.41, 5.74) is 10.1. The van der Waals surface area contributed by atoms with Gasteiger partial charge in [-0.3, -0.25) is 9.55 Å². The number of hydrogen-bond donors (Lipinski definition) is 1. The Bertz CT molecular complexity index is 700. The molecule has 0 bridgehead atoms. The Morgan fingerprint density at radius 3 is 3.00 bits per heavy atom. The maximum atomic E-state index is 6.00. The average molecular weight is 238 g/mol. The van der Waals surface area contributed by atoms with E-state index in [1.807, 2.05) is 22.8 Å². The standard InChI is InChI=1S/C14H14N4/c1-2-10-4-3-5-11(8-10)18-13-6-7-16-9-12(13)17-14(18)15/h3-9H,2H2,1H3,(H2,15,17). The SMILES string of the molecule is CCc1cccc(-n2c(N)nc3cnccc32)c1. The number of imidazole rings is 1. The van der Waals surface area contributed by atoms with Gasteiger partial charge in [0.05, 0.1) is 11.7 Å². The summed E-state index contributed by atoms with van der Waals surface area (Å²) in [5, 5.41) is 0. The monoisotopic (exact) mass is 238 g/mol. The summed E-state index contributed by atoms with van der Waals surface area (Å²) in [7, 11) is 0. The lowest BCUT2D eigenvalue weighted by molar-refractivity contribution is 1.08. The minimum Gasteiger partial charge on any atom is -0.369 e. The van der Waals surface area contributed by atoms with Crippen molar-refractivity contribution in [3.05, 3.63) is 48.3 Å². The van der Waals surface area contributed by atoms with Crippen molar-refractivity contribution in [3.63, 3.8) is 0 Å². The topological polar surface area (TPSA) is 56.7 Å². The lowest BCUT2D eigenvalue weighted by Crippen LogP contribution is -2.01. The zero-order valence-electron chi connectivity index (χ0n) is 10.2. The second-order valence-corrected chi connectivity index (χ2v) is 4.19. The van der Waals surface area contributed by atoms with Crippen LogP contribution in [0.2, 0.25) is 0 Å². The van der Waals surface area contributed by atoms with Crippen molar-refractivity contribution in [1.82, 2.24) is 14.5 Å². The van der Waals surface area contributed by atoms with Gasteiger partial charge in [-0.15, -0.1) is 0 Å². The number of pyridine rings is 1. The second-order valence-electron chi connectivity index (χ2n) is 4.19. The quantitative estimate of drug-likeness (QED) is 0.746. The van der Waals surface area contributed by atoms with E-state index in [0.29, 0.717) is 5.95 Å². The van der Waals surface area contributed by atoms with E-state index in [1.165, 1.54) is 5.56 Å².